The van der Waals surface area contributed by atoms with Crippen molar-refractivity contribution in [3.8, 4) is 0 Å². The Bertz CT molecular complexity index is 547. The number of nitrogens with one attached hydrogen (secondary N) is 1. The summed E-state index contributed by atoms with van der Waals surface area (Å²) in [6.45, 7) is 4.14. The molecule has 0 saturated carbocycles. The van der Waals surface area contributed by atoms with Gasteiger partial charge in [0.25, 0.3) is 5.91 Å². The number of aromatic nitrogens is 2. The van der Waals surface area contributed by atoms with Crippen molar-refractivity contribution in [2.24, 2.45) is 0 Å². The largest absolute Gasteiger partial charge is 0.352 e. The average Bonchev–Trinajstić information content (AvgIpc) is 2.35. The van der Waals surface area contributed by atoms with Crippen molar-refractivity contribution in [3.05, 3.63) is 21.9 Å². The van der Waals surface area contributed by atoms with Gasteiger partial charge in [-0.2, -0.15) is 0 Å². The van der Waals surface area contributed by atoms with Gasteiger partial charge in [0, 0.05) is 13.1 Å². The second-order valence-corrected chi connectivity index (χ2v) is 5.39. The molecule has 8 heteroatoms. The van der Waals surface area contributed by atoms with Gasteiger partial charge in [-0.05, 0) is 19.9 Å². The number of piperazine rings is 1. The molecule has 6 nitrogen and oxygen atoms in total. The van der Waals surface area contributed by atoms with Crippen molar-refractivity contribution in [3.63, 3.8) is 0 Å². The Morgan fingerprint density at radius 3 is 2.79 bits per heavy atom. The molecule has 0 bridgehead atoms. The third-order valence-corrected chi connectivity index (χ3v) is 3.51. The fourth-order valence-electron chi connectivity index (χ4n) is 1.90. The first-order valence-electron chi connectivity index (χ1n) is 5.63. The lowest BCUT2D eigenvalue weighted by Crippen LogP contribution is -2.63. The number of halogens is 2. The molecule has 2 heterocycles. The van der Waals surface area contributed by atoms with E-state index in [1.165, 1.54) is 11.0 Å². The smallest absolute Gasteiger partial charge is 0.258 e. The van der Waals surface area contributed by atoms with Crippen LogP contribution in [0.5, 0.6) is 0 Å². The zero-order valence-electron chi connectivity index (χ0n) is 10.4. The van der Waals surface area contributed by atoms with Crippen LogP contribution in [0.15, 0.2) is 6.07 Å². The lowest BCUT2D eigenvalue weighted by molar-refractivity contribution is -0.133. The molecular formula is C11H12Cl2N4O2. The van der Waals surface area contributed by atoms with Gasteiger partial charge in [0.15, 0.2) is 10.3 Å². The summed E-state index contributed by atoms with van der Waals surface area (Å²) in [5.41, 5.74) is -0.807. The first kappa shape index (κ1) is 14.0. The zero-order chi connectivity index (χ0) is 14.2. The summed E-state index contributed by atoms with van der Waals surface area (Å²) in [6.07, 6.45) is 0. The molecule has 1 N–H and O–H groups in total. The van der Waals surface area contributed by atoms with Crippen LogP contribution in [0.25, 0.3) is 0 Å². The number of hydrogen-bond donors (Lipinski definition) is 1. The van der Waals surface area contributed by atoms with Crippen LogP contribution in [0, 0.1) is 0 Å². The summed E-state index contributed by atoms with van der Waals surface area (Å²) in [4.78, 5) is 25.7. The van der Waals surface area contributed by atoms with Gasteiger partial charge in [-0.15, -0.1) is 10.2 Å². The highest BCUT2D eigenvalue weighted by molar-refractivity contribution is 6.34. The van der Waals surface area contributed by atoms with E-state index in [4.69, 9.17) is 23.2 Å². The molecule has 1 fully saturated rings. The highest BCUT2D eigenvalue weighted by Gasteiger charge is 2.41. The molecule has 2 rings (SSSR count). The van der Waals surface area contributed by atoms with E-state index in [0.717, 1.165) is 0 Å². The fraction of sp³-hybridized carbons (Fsp3) is 0.455. The summed E-state index contributed by atoms with van der Waals surface area (Å²) in [6, 6.07) is 1.35. The third kappa shape index (κ3) is 2.50. The SMILES string of the molecule is CC1(C)C(=O)NCCN1C(=O)c1cc(Cl)nnc1Cl. The molecule has 0 unspecified atom stereocenters. The molecule has 1 saturated heterocycles. The molecule has 1 aliphatic heterocycles. The van der Waals surface area contributed by atoms with Crippen molar-refractivity contribution in [1.82, 2.24) is 20.4 Å². The van der Waals surface area contributed by atoms with Gasteiger partial charge >= 0.3 is 0 Å². The van der Waals surface area contributed by atoms with E-state index < -0.39 is 5.54 Å². The summed E-state index contributed by atoms with van der Waals surface area (Å²) >= 11 is 11.6. The van der Waals surface area contributed by atoms with Gasteiger partial charge in [0.05, 0.1) is 5.56 Å². The van der Waals surface area contributed by atoms with Crippen molar-refractivity contribution >= 4 is 35.0 Å². The van der Waals surface area contributed by atoms with Crippen LogP contribution in [0.2, 0.25) is 10.3 Å². The normalized spacial score (nSPS) is 18.1. The second kappa shape index (κ2) is 4.94. The minimum atomic E-state index is -0.950. The molecular weight excluding hydrogens is 291 g/mol. The van der Waals surface area contributed by atoms with E-state index in [1.807, 2.05) is 0 Å². The Hall–Kier alpha value is -1.40. The van der Waals surface area contributed by atoms with Gasteiger partial charge in [0.2, 0.25) is 5.91 Å². The van der Waals surface area contributed by atoms with E-state index in [2.05, 4.69) is 15.5 Å². The summed E-state index contributed by atoms with van der Waals surface area (Å²) in [5, 5.41) is 9.91. The Labute approximate surface area is 120 Å². The lowest BCUT2D eigenvalue weighted by Gasteiger charge is -2.41. The van der Waals surface area contributed by atoms with Gasteiger partial charge in [-0.25, -0.2) is 0 Å². The van der Waals surface area contributed by atoms with Crippen molar-refractivity contribution in [2.45, 2.75) is 19.4 Å². The van der Waals surface area contributed by atoms with Crippen molar-refractivity contribution in [2.75, 3.05) is 13.1 Å². The van der Waals surface area contributed by atoms with Gasteiger partial charge in [-0.1, -0.05) is 23.2 Å². The van der Waals surface area contributed by atoms with E-state index >= 15 is 0 Å². The molecule has 0 radical (unpaired) electrons. The molecule has 0 aliphatic carbocycles. The molecule has 19 heavy (non-hydrogen) atoms. The molecule has 0 aromatic carbocycles. The summed E-state index contributed by atoms with van der Waals surface area (Å²) in [5.74, 6) is -0.599. The Balaban J connectivity index is 2.38. The Morgan fingerprint density at radius 2 is 2.11 bits per heavy atom. The molecule has 1 aromatic rings. The van der Waals surface area contributed by atoms with Crippen LogP contribution in [0.1, 0.15) is 24.2 Å². The van der Waals surface area contributed by atoms with E-state index in [-0.39, 0.29) is 27.7 Å². The summed E-state index contributed by atoms with van der Waals surface area (Å²) in [7, 11) is 0. The van der Waals surface area contributed by atoms with Crippen LogP contribution in [-0.4, -0.2) is 45.5 Å². The number of rotatable bonds is 1. The van der Waals surface area contributed by atoms with E-state index in [0.29, 0.717) is 13.1 Å². The van der Waals surface area contributed by atoms with Crippen molar-refractivity contribution in [1.29, 1.82) is 0 Å². The minimum absolute atomic E-state index is 0.0313. The topological polar surface area (TPSA) is 75.2 Å². The zero-order valence-corrected chi connectivity index (χ0v) is 11.9. The maximum Gasteiger partial charge on any atom is 0.258 e. The van der Waals surface area contributed by atoms with Crippen LogP contribution >= 0.6 is 23.2 Å². The standard InChI is InChI=1S/C11H12Cl2N4O2/c1-11(2)10(19)14-3-4-17(11)9(18)6-5-7(12)15-16-8(6)13/h5H,3-4H2,1-2H3,(H,14,19). The molecule has 1 aliphatic rings. The van der Waals surface area contributed by atoms with Gasteiger partial charge < -0.3 is 10.2 Å². The van der Waals surface area contributed by atoms with Crippen LogP contribution in [-0.2, 0) is 4.79 Å². The maximum atomic E-state index is 12.5. The van der Waals surface area contributed by atoms with Crippen LogP contribution in [0.4, 0.5) is 0 Å². The highest BCUT2D eigenvalue weighted by atomic mass is 35.5. The monoisotopic (exact) mass is 302 g/mol. The minimum Gasteiger partial charge on any atom is -0.352 e. The highest BCUT2D eigenvalue weighted by Crippen LogP contribution is 2.24. The first-order chi connectivity index (χ1) is 8.84. The lowest BCUT2D eigenvalue weighted by atomic mass is 9.98. The van der Waals surface area contributed by atoms with E-state index in [1.54, 1.807) is 13.8 Å². The quantitative estimate of drug-likeness (QED) is 0.844. The van der Waals surface area contributed by atoms with Crippen molar-refractivity contribution < 1.29 is 9.59 Å². The predicted molar refractivity (Wildman–Crippen MR) is 70.2 cm³/mol. The third-order valence-electron chi connectivity index (χ3n) is 3.05. The molecule has 102 valence electrons. The first-order valence-corrected chi connectivity index (χ1v) is 6.38. The number of amides is 2. The second-order valence-electron chi connectivity index (χ2n) is 4.64. The number of hydrogen-bond acceptors (Lipinski definition) is 4. The molecule has 0 spiro atoms. The van der Waals surface area contributed by atoms with Crippen LogP contribution in [0.3, 0.4) is 0 Å². The van der Waals surface area contributed by atoms with Gasteiger partial charge in [-0.3, -0.25) is 9.59 Å². The predicted octanol–water partition coefficient (Wildman–Crippen LogP) is 1.13. The fourth-order valence-corrected chi connectivity index (χ4v) is 2.22. The van der Waals surface area contributed by atoms with Gasteiger partial charge in [0.1, 0.15) is 5.54 Å². The molecule has 0 atom stereocenters. The summed E-state index contributed by atoms with van der Waals surface area (Å²) < 4.78 is 0. The molecule has 1 aromatic heterocycles. The Morgan fingerprint density at radius 1 is 1.42 bits per heavy atom. The number of carbonyl (C=O) groups is 2. The molecule has 2 amide bonds. The van der Waals surface area contributed by atoms with E-state index in [9.17, 15) is 9.59 Å². The average molecular weight is 303 g/mol. The van der Waals surface area contributed by atoms with Crippen LogP contribution < -0.4 is 5.32 Å². The number of nitrogens with zero attached hydrogens (tertiary/aromatic N) is 3. The number of carbonyl (C=O) groups excluding carboxylic acids is 2. The Kier molecular flexibility index (Phi) is 3.64. The maximum absolute atomic E-state index is 12.5.